The Hall–Kier alpha value is -0.510. The third-order valence-electron chi connectivity index (χ3n) is 4.09. The molecule has 2 rings (SSSR count). The zero-order chi connectivity index (χ0) is 18.1. The van der Waals surface area contributed by atoms with E-state index < -0.39 is 6.10 Å². The van der Waals surface area contributed by atoms with Gasteiger partial charge in [-0.25, -0.2) is 0 Å². The monoisotopic (exact) mass is 493 g/mol. The topological polar surface area (TPSA) is 57.1 Å². The molecule has 5 nitrogen and oxygen atoms in total. The fourth-order valence-electron chi connectivity index (χ4n) is 2.45. The van der Waals surface area contributed by atoms with Crippen molar-refractivity contribution >= 4 is 41.7 Å². The lowest BCUT2D eigenvalue weighted by Gasteiger charge is -2.22. The van der Waals surface area contributed by atoms with Gasteiger partial charge in [-0.1, -0.05) is 12.1 Å². The minimum absolute atomic E-state index is 0. The third kappa shape index (κ3) is 8.92. The number of thioether (sulfide) groups is 1. The summed E-state index contributed by atoms with van der Waals surface area (Å²) in [6.07, 6.45) is 4.06. The molecule has 1 unspecified atom stereocenters. The Morgan fingerprint density at radius 1 is 1.38 bits per heavy atom. The lowest BCUT2D eigenvalue weighted by Crippen LogP contribution is -2.39. The molecule has 1 atom stereocenters. The Kier molecular flexibility index (Phi) is 11.6. The molecule has 1 aliphatic rings. The van der Waals surface area contributed by atoms with Crippen LogP contribution in [0.15, 0.2) is 34.2 Å². The molecular formula is C19H32IN3O2S. The molecule has 7 heteroatoms. The molecule has 0 heterocycles. The van der Waals surface area contributed by atoms with Gasteiger partial charge in [0, 0.05) is 31.6 Å². The summed E-state index contributed by atoms with van der Waals surface area (Å²) in [6, 6.07) is 8.57. The number of aliphatic hydroxyl groups is 1. The van der Waals surface area contributed by atoms with Crippen molar-refractivity contribution in [3.8, 4) is 0 Å². The maximum Gasteiger partial charge on any atom is 0.194 e. The van der Waals surface area contributed by atoms with Crippen LogP contribution in [0.5, 0.6) is 0 Å². The molecule has 0 aliphatic heterocycles. The highest BCUT2D eigenvalue weighted by Crippen LogP contribution is 2.28. The lowest BCUT2D eigenvalue weighted by molar-refractivity contribution is 0.0367. The van der Waals surface area contributed by atoms with Crippen LogP contribution in [-0.4, -0.2) is 61.7 Å². The summed E-state index contributed by atoms with van der Waals surface area (Å²) in [6.45, 7) is 5.10. The van der Waals surface area contributed by atoms with Crippen molar-refractivity contribution in [2.75, 3.05) is 39.6 Å². The molecule has 148 valence electrons. The van der Waals surface area contributed by atoms with Gasteiger partial charge in [0.2, 0.25) is 0 Å². The highest BCUT2D eigenvalue weighted by molar-refractivity contribution is 14.0. The second-order valence-corrected chi connectivity index (χ2v) is 7.41. The Bertz CT molecular complexity index is 538. The maximum atomic E-state index is 10.0. The Labute approximate surface area is 179 Å². The van der Waals surface area contributed by atoms with Gasteiger partial charge in [-0.15, -0.1) is 35.7 Å². The van der Waals surface area contributed by atoms with Crippen LogP contribution in [0.4, 0.5) is 0 Å². The van der Waals surface area contributed by atoms with Crippen LogP contribution in [0.25, 0.3) is 0 Å². The van der Waals surface area contributed by atoms with Crippen LogP contribution < -0.4 is 5.32 Å². The van der Waals surface area contributed by atoms with Gasteiger partial charge >= 0.3 is 0 Å². The van der Waals surface area contributed by atoms with E-state index >= 15 is 0 Å². The molecule has 1 saturated carbocycles. The van der Waals surface area contributed by atoms with Gasteiger partial charge in [-0.05, 0) is 49.6 Å². The van der Waals surface area contributed by atoms with Crippen molar-refractivity contribution < 1.29 is 9.84 Å². The van der Waals surface area contributed by atoms with Crippen molar-refractivity contribution in [3.63, 3.8) is 0 Å². The number of halogens is 1. The van der Waals surface area contributed by atoms with Gasteiger partial charge in [0.25, 0.3) is 0 Å². The van der Waals surface area contributed by atoms with E-state index in [2.05, 4.69) is 45.7 Å². The summed E-state index contributed by atoms with van der Waals surface area (Å²) in [5, 5.41) is 13.3. The van der Waals surface area contributed by atoms with Gasteiger partial charge in [-0.3, -0.25) is 4.99 Å². The fraction of sp³-hybridized carbons (Fsp3) is 0.632. The summed E-state index contributed by atoms with van der Waals surface area (Å²) in [5.41, 5.74) is 1.24. The predicted molar refractivity (Wildman–Crippen MR) is 121 cm³/mol. The molecule has 0 radical (unpaired) electrons. The number of nitrogens with one attached hydrogen (secondary N) is 1. The molecule has 1 aliphatic carbocycles. The standard InChI is InChI=1S/C19H31N3O2S.HI/c1-4-20-19(21-11-17(23)14-24-13-16-5-6-16)22(2)12-15-7-9-18(25-3)10-8-15;/h7-10,16-17,23H,4-6,11-14H2,1-3H3,(H,20,21);1H. The van der Waals surface area contributed by atoms with E-state index in [1.54, 1.807) is 11.8 Å². The molecule has 0 aromatic heterocycles. The van der Waals surface area contributed by atoms with Gasteiger partial charge in [0.05, 0.1) is 19.3 Å². The zero-order valence-corrected chi connectivity index (χ0v) is 19.1. The van der Waals surface area contributed by atoms with Crippen LogP contribution in [0.2, 0.25) is 0 Å². The second kappa shape index (κ2) is 12.8. The summed E-state index contributed by atoms with van der Waals surface area (Å²) in [5.74, 6) is 1.52. The molecular weight excluding hydrogens is 461 g/mol. The lowest BCUT2D eigenvalue weighted by atomic mass is 10.2. The Balaban J connectivity index is 0.00000338. The van der Waals surface area contributed by atoms with Crippen LogP contribution in [0.1, 0.15) is 25.3 Å². The van der Waals surface area contributed by atoms with Gasteiger partial charge in [0.1, 0.15) is 0 Å². The number of guanidine groups is 1. The summed E-state index contributed by atoms with van der Waals surface area (Å²) in [4.78, 5) is 7.90. The average Bonchev–Trinajstić information content (AvgIpc) is 3.43. The largest absolute Gasteiger partial charge is 0.389 e. The van der Waals surface area contributed by atoms with Crippen molar-refractivity contribution in [2.45, 2.75) is 37.3 Å². The molecule has 2 N–H and O–H groups in total. The number of aliphatic hydroxyl groups excluding tert-OH is 1. The van der Waals surface area contributed by atoms with E-state index in [1.165, 1.54) is 23.3 Å². The molecule has 1 aromatic rings. The number of ether oxygens (including phenoxy) is 1. The fourth-order valence-corrected chi connectivity index (χ4v) is 2.86. The van der Waals surface area contributed by atoms with Crippen molar-refractivity contribution in [1.82, 2.24) is 10.2 Å². The number of hydrogen-bond acceptors (Lipinski definition) is 4. The second-order valence-electron chi connectivity index (χ2n) is 6.53. The Morgan fingerprint density at radius 2 is 2.08 bits per heavy atom. The van der Waals surface area contributed by atoms with Gasteiger partial charge in [0.15, 0.2) is 5.96 Å². The highest BCUT2D eigenvalue weighted by Gasteiger charge is 2.21. The quantitative estimate of drug-likeness (QED) is 0.227. The molecule has 0 amide bonds. The van der Waals surface area contributed by atoms with E-state index in [0.29, 0.717) is 13.2 Å². The first kappa shape index (κ1) is 23.5. The minimum atomic E-state index is -0.554. The number of nitrogens with zero attached hydrogens (tertiary/aromatic N) is 2. The van der Waals surface area contributed by atoms with Crippen LogP contribution >= 0.6 is 35.7 Å². The molecule has 0 bridgehead atoms. The zero-order valence-electron chi connectivity index (χ0n) is 16.0. The summed E-state index contributed by atoms with van der Waals surface area (Å²) in [7, 11) is 2.01. The van der Waals surface area contributed by atoms with Crippen molar-refractivity contribution in [2.24, 2.45) is 10.9 Å². The molecule has 0 spiro atoms. The smallest absolute Gasteiger partial charge is 0.194 e. The maximum absolute atomic E-state index is 10.0. The van der Waals surface area contributed by atoms with Crippen LogP contribution in [0.3, 0.4) is 0 Å². The SMILES string of the molecule is CCNC(=NCC(O)COCC1CC1)N(C)Cc1ccc(SC)cc1.I. The first-order valence-electron chi connectivity index (χ1n) is 9.00. The number of benzene rings is 1. The highest BCUT2D eigenvalue weighted by atomic mass is 127. The first-order valence-corrected chi connectivity index (χ1v) is 10.2. The Morgan fingerprint density at radius 3 is 2.65 bits per heavy atom. The average molecular weight is 493 g/mol. The predicted octanol–water partition coefficient (Wildman–Crippen LogP) is 3.21. The van der Waals surface area contributed by atoms with Crippen molar-refractivity contribution in [3.05, 3.63) is 29.8 Å². The normalized spacial score (nSPS) is 15.3. The number of rotatable bonds is 10. The van der Waals surface area contributed by atoms with Crippen LogP contribution in [0, 0.1) is 5.92 Å². The first-order chi connectivity index (χ1) is 12.1. The van der Waals surface area contributed by atoms with E-state index in [1.807, 2.05) is 14.0 Å². The third-order valence-corrected chi connectivity index (χ3v) is 4.83. The summed E-state index contributed by atoms with van der Waals surface area (Å²) >= 11 is 1.74. The van der Waals surface area contributed by atoms with E-state index in [9.17, 15) is 5.11 Å². The van der Waals surface area contributed by atoms with Gasteiger partial charge < -0.3 is 20.1 Å². The van der Waals surface area contributed by atoms with Gasteiger partial charge in [-0.2, -0.15) is 0 Å². The molecule has 1 aromatic carbocycles. The van der Waals surface area contributed by atoms with E-state index in [4.69, 9.17) is 4.74 Å². The molecule has 26 heavy (non-hydrogen) atoms. The number of hydrogen-bond donors (Lipinski definition) is 2. The molecule has 1 fully saturated rings. The van der Waals surface area contributed by atoms with E-state index in [-0.39, 0.29) is 24.0 Å². The summed E-state index contributed by atoms with van der Waals surface area (Å²) < 4.78 is 5.53. The number of aliphatic imine (C=N–C) groups is 1. The van der Waals surface area contributed by atoms with E-state index in [0.717, 1.165) is 31.6 Å². The minimum Gasteiger partial charge on any atom is -0.389 e. The molecule has 0 saturated heterocycles. The van der Waals surface area contributed by atoms with Crippen molar-refractivity contribution in [1.29, 1.82) is 0 Å². The van der Waals surface area contributed by atoms with Crippen LogP contribution in [-0.2, 0) is 11.3 Å².